The fourth-order valence-corrected chi connectivity index (χ4v) is 4.15. The van der Waals surface area contributed by atoms with Crippen molar-refractivity contribution < 1.29 is 14.0 Å². The van der Waals surface area contributed by atoms with E-state index in [9.17, 15) is 9.59 Å². The van der Waals surface area contributed by atoms with Crippen molar-refractivity contribution in [3.63, 3.8) is 0 Å². The zero-order chi connectivity index (χ0) is 18.1. The van der Waals surface area contributed by atoms with Crippen LogP contribution in [-0.4, -0.2) is 37.1 Å². The monoisotopic (exact) mass is 348 g/mol. The molecule has 0 aromatic carbocycles. The molecule has 1 saturated heterocycles. The van der Waals surface area contributed by atoms with Crippen molar-refractivity contribution in [2.75, 3.05) is 0 Å². The number of nitrogens with zero attached hydrogens (tertiary/aromatic N) is 1. The molecular formula is C18H28N2O3Si. The first-order valence-corrected chi connectivity index (χ1v) is 11.4. The van der Waals surface area contributed by atoms with Gasteiger partial charge in [0.05, 0.1) is 18.1 Å². The molecule has 2 rings (SSSR count). The summed E-state index contributed by atoms with van der Waals surface area (Å²) in [4.78, 5) is 28.4. The van der Waals surface area contributed by atoms with Gasteiger partial charge in [-0.2, -0.15) is 0 Å². The van der Waals surface area contributed by atoms with Crippen LogP contribution in [-0.2, 0) is 9.22 Å². The van der Waals surface area contributed by atoms with E-state index in [1.165, 1.54) is 0 Å². The van der Waals surface area contributed by atoms with Gasteiger partial charge in [0.1, 0.15) is 5.69 Å². The highest BCUT2D eigenvalue weighted by molar-refractivity contribution is 6.74. The Bertz CT molecular complexity index is 610. The number of nitrogens with one attached hydrogen (secondary N) is 1. The standard InChI is InChI=1S/C18H28N2O3Si/c1-12(23-24(5,6)18(2,3)4)16-14(20-17(16)22)11-15(21)13-9-7-8-10-19-13/h7-10,12,14,16H,11H2,1-6H3,(H,20,22)/t12-,14-,16-/m1/s1. The summed E-state index contributed by atoms with van der Waals surface area (Å²) in [6.45, 7) is 12.8. The highest BCUT2D eigenvalue weighted by Gasteiger charge is 2.47. The minimum atomic E-state index is -1.95. The number of hydrogen-bond donors (Lipinski definition) is 1. The van der Waals surface area contributed by atoms with Crippen LogP contribution in [0, 0.1) is 5.92 Å². The van der Waals surface area contributed by atoms with E-state index in [-0.39, 0.29) is 41.2 Å². The smallest absolute Gasteiger partial charge is 0.228 e. The second-order valence-corrected chi connectivity index (χ2v) is 12.8. The van der Waals surface area contributed by atoms with Crippen LogP contribution in [0.25, 0.3) is 0 Å². The van der Waals surface area contributed by atoms with E-state index >= 15 is 0 Å². The Morgan fingerprint density at radius 2 is 2.04 bits per heavy atom. The zero-order valence-corrected chi connectivity index (χ0v) is 16.4. The first-order chi connectivity index (χ1) is 11.0. The number of pyridine rings is 1. The maximum atomic E-state index is 12.3. The summed E-state index contributed by atoms with van der Waals surface area (Å²) in [5.41, 5.74) is 0.440. The van der Waals surface area contributed by atoms with Gasteiger partial charge in [-0.05, 0) is 37.2 Å². The molecule has 3 atom stereocenters. The van der Waals surface area contributed by atoms with Crippen LogP contribution in [0.3, 0.4) is 0 Å². The van der Waals surface area contributed by atoms with Gasteiger partial charge < -0.3 is 9.74 Å². The summed E-state index contributed by atoms with van der Waals surface area (Å²) in [6, 6.07) is 5.10. The van der Waals surface area contributed by atoms with E-state index in [4.69, 9.17) is 4.43 Å². The topological polar surface area (TPSA) is 68.3 Å². The molecule has 1 aliphatic rings. The van der Waals surface area contributed by atoms with Crippen molar-refractivity contribution in [2.24, 2.45) is 5.92 Å². The zero-order valence-electron chi connectivity index (χ0n) is 15.4. The second-order valence-electron chi connectivity index (χ2n) is 8.07. The fraction of sp³-hybridized carbons (Fsp3) is 0.611. The second kappa shape index (κ2) is 6.76. The van der Waals surface area contributed by atoms with Gasteiger partial charge in [0, 0.05) is 12.6 Å². The molecule has 132 valence electrons. The van der Waals surface area contributed by atoms with E-state index in [0.717, 1.165) is 0 Å². The lowest BCUT2D eigenvalue weighted by Gasteiger charge is -2.45. The lowest BCUT2D eigenvalue weighted by atomic mass is 9.83. The number of rotatable bonds is 6. The van der Waals surface area contributed by atoms with Crippen molar-refractivity contribution in [3.05, 3.63) is 30.1 Å². The number of carbonyl (C=O) groups excluding carboxylic acids is 2. The Kier molecular flexibility index (Phi) is 5.30. The van der Waals surface area contributed by atoms with Crippen LogP contribution in [0.2, 0.25) is 18.1 Å². The van der Waals surface area contributed by atoms with Gasteiger partial charge in [0.15, 0.2) is 14.1 Å². The van der Waals surface area contributed by atoms with Gasteiger partial charge in [-0.3, -0.25) is 14.6 Å². The van der Waals surface area contributed by atoms with Gasteiger partial charge in [0.2, 0.25) is 5.91 Å². The van der Waals surface area contributed by atoms with E-state index in [2.05, 4.69) is 44.2 Å². The van der Waals surface area contributed by atoms with E-state index < -0.39 is 8.32 Å². The van der Waals surface area contributed by atoms with Gasteiger partial charge in [0.25, 0.3) is 0 Å². The SMILES string of the molecule is C[C@@H](O[Si](C)(C)C(C)(C)C)[C@H]1C(=O)N[C@@H]1CC(=O)c1ccccn1. The van der Waals surface area contributed by atoms with Crippen LogP contribution in [0.5, 0.6) is 0 Å². The Labute approximate surface area is 145 Å². The molecule has 1 aromatic rings. The number of amides is 1. The molecule has 2 heterocycles. The molecule has 0 aliphatic carbocycles. The Morgan fingerprint density at radius 1 is 1.38 bits per heavy atom. The van der Waals surface area contributed by atoms with E-state index in [0.29, 0.717) is 5.69 Å². The Balaban J connectivity index is 2.02. The molecule has 1 aromatic heterocycles. The van der Waals surface area contributed by atoms with Crippen LogP contribution >= 0.6 is 0 Å². The first kappa shape index (κ1) is 18.8. The molecule has 0 bridgehead atoms. The third kappa shape index (κ3) is 3.92. The average Bonchev–Trinajstić information content (AvgIpc) is 2.45. The summed E-state index contributed by atoms with van der Waals surface area (Å²) in [5, 5.41) is 2.93. The molecule has 1 fully saturated rings. The Hall–Kier alpha value is -1.53. The number of ketones is 1. The fourth-order valence-electron chi connectivity index (χ4n) is 2.72. The van der Waals surface area contributed by atoms with Gasteiger partial charge >= 0.3 is 0 Å². The lowest BCUT2D eigenvalue weighted by Crippen LogP contribution is -2.64. The molecular weight excluding hydrogens is 320 g/mol. The number of Topliss-reactive ketones (excluding diaryl/α,β-unsaturated/α-hetero) is 1. The van der Waals surface area contributed by atoms with Gasteiger partial charge in [-0.1, -0.05) is 26.8 Å². The van der Waals surface area contributed by atoms with Crippen molar-refractivity contribution >= 4 is 20.0 Å². The molecule has 0 unspecified atom stereocenters. The number of β-lactam (4-membered cyclic amide) rings is 1. The molecule has 1 amide bonds. The van der Waals surface area contributed by atoms with E-state index in [1.807, 2.05) is 6.92 Å². The predicted octanol–water partition coefficient (Wildman–Crippen LogP) is 3.18. The largest absolute Gasteiger partial charge is 0.413 e. The van der Waals surface area contributed by atoms with Gasteiger partial charge in [-0.15, -0.1) is 0 Å². The van der Waals surface area contributed by atoms with Crippen LogP contribution in [0.1, 0.15) is 44.6 Å². The molecule has 0 spiro atoms. The third-order valence-corrected chi connectivity index (χ3v) is 9.79. The molecule has 0 saturated carbocycles. The highest BCUT2D eigenvalue weighted by Crippen LogP contribution is 2.39. The maximum absolute atomic E-state index is 12.3. The summed E-state index contributed by atoms with van der Waals surface area (Å²) >= 11 is 0. The minimum Gasteiger partial charge on any atom is -0.413 e. The van der Waals surface area contributed by atoms with Crippen molar-refractivity contribution in [1.29, 1.82) is 0 Å². The molecule has 5 nitrogen and oxygen atoms in total. The summed E-state index contributed by atoms with van der Waals surface area (Å²) in [7, 11) is -1.95. The van der Waals surface area contributed by atoms with Crippen molar-refractivity contribution in [1.82, 2.24) is 10.3 Å². The van der Waals surface area contributed by atoms with Crippen molar-refractivity contribution in [3.8, 4) is 0 Å². The average molecular weight is 349 g/mol. The van der Waals surface area contributed by atoms with Crippen LogP contribution in [0.15, 0.2) is 24.4 Å². The molecule has 6 heteroatoms. The molecule has 1 N–H and O–H groups in total. The van der Waals surface area contributed by atoms with Crippen molar-refractivity contribution in [2.45, 2.75) is 64.4 Å². The normalized spacial score (nSPS) is 22.5. The maximum Gasteiger partial charge on any atom is 0.228 e. The summed E-state index contributed by atoms with van der Waals surface area (Å²) in [5.74, 6) is -0.350. The first-order valence-electron chi connectivity index (χ1n) is 8.45. The lowest BCUT2D eigenvalue weighted by molar-refractivity contribution is -0.139. The molecule has 24 heavy (non-hydrogen) atoms. The summed E-state index contributed by atoms with van der Waals surface area (Å²) < 4.78 is 6.35. The number of aromatic nitrogens is 1. The van der Waals surface area contributed by atoms with E-state index in [1.54, 1.807) is 24.4 Å². The minimum absolute atomic E-state index is 0.0277. The van der Waals surface area contributed by atoms with Crippen LogP contribution in [0.4, 0.5) is 0 Å². The number of hydrogen-bond acceptors (Lipinski definition) is 4. The summed E-state index contributed by atoms with van der Waals surface area (Å²) in [6.07, 6.45) is 1.67. The highest BCUT2D eigenvalue weighted by atomic mass is 28.4. The quantitative estimate of drug-likeness (QED) is 0.487. The molecule has 0 radical (unpaired) electrons. The molecule has 1 aliphatic heterocycles. The number of carbonyl (C=O) groups is 2. The Morgan fingerprint density at radius 3 is 2.54 bits per heavy atom. The van der Waals surface area contributed by atoms with Gasteiger partial charge in [-0.25, -0.2) is 0 Å². The van der Waals surface area contributed by atoms with Crippen LogP contribution < -0.4 is 5.32 Å². The third-order valence-electron chi connectivity index (χ3n) is 5.21. The predicted molar refractivity (Wildman–Crippen MR) is 96.3 cm³/mol.